The van der Waals surface area contributed by atoms with Gasteiger partial charge in [0.15, 0.2) is 0 Å². The Hall–Kier alpha value is -3.09. The molecule has 130 valence electrons. The smallest absolute Gasteiger partial charge is 0.410 e. The van der Waals surface area contributed by atoms with Gasteiger partial charge in [0.1, 0.15) is 6.61 Å². The third-order valence-corrected chi connectivity index (χ3v) is 3.85. The standard InChI is InChI=1S/C18H20N4O3/c23-17(20-9-7-14-2-1-8-19-12-14)21-16-5-3-15(4-6-16)13-22-10-11-25-18(22)24/h1-6,8,12H,7,9-11,13H2,(H2,20,21,23). The number of hydrogen-bond acceptors (Lipinski definition) is 4. The van der Waals surface area contributed by atoms with Gasteiger partial charge < -0.3 is 20.3 Å². The first kappa shape index (κ1) is 16.8. The molecule has 7 heteroatoms. The minimum absolute atomic E-state index is 0.250. The number of carbonyl (C=O) groups is 2. The number of nitrogens with zero attached hydrogens (tertiary/aromatic N) is 2. The molecule has 0 atom stereocenters. The van der Waals surface area contributed by atoms with Crippen LogP contribution in [0.2, 0.25) is 0 Å². The first-order valence-electron chi connectivity index (χ1n) is 8.15. The zero-order chi connectivity index (χ0) is 17.5. The number of anilines is 1. The second-order valence-corrected chi connectivity index (χ2v) is 5.73. The number of nitrogens with one attached hydrogen (secondary N) is 2. The SMILES string of the molecule is O=C(NCCc1cccnc1)Nc1ccc(CN2CCOC2=O)cc1. The topological polar surface area (TPSA) is 83.6 Å². The molecule has 0 aliphatic carbocycles. The minimum Gasteiger partial charge on any atom is -0.448 e. The highest BCUT2D eigenvalue weighted by Crippen LogP contribution is 2.14. The summed E-state index contributed by atoms with van der Waals surface area (Å²) in [5, 5.41) is 5.60. The number of benzene rings is 1. The molecule has 0 saturated carbocycles. The summed E-state index contributed by atoms with van der Waals surface area (Å²) in [6.07, 6.45) is 3.95. The molecule has 1 saturated heterocycles. The predicted octanol–water partition coefficient (Wildman–Crippen LogP) is 2.40. The molecule has 1 aliphatic rings. The van der Waals surface area contributed by atoms with Crippen LogP contribution in [0.3, 0.4) is 0 Å². The molecule has 2 aromatic rings. The van der Waals surface area contributed by atoms with Crippen LogP contribution in [0.25, 0.3) is 0 Å². The van der Waals surface area contributed by atoms with E-state index < -0.39 is 0 Å². The average Bonchev–Trinajstić information content (AvgIpc) is 3.02. The van der Waals surface area contributed by atoms with Gasteiger partial charge in [0.2, 0.25) is 0 Å². The maximum absolute atomic E-state index is 11.9. The first-order chi connectivity index (χ1) is 12.2. The molecular weight excluding hydrogens is 320 g/mol. The van der Waals surface area contributed by atoms with E-state index in [9.17, 15) is 9.59 Å². The van der Waals surface area contributed by atoms with Gasteiger partial charge in [-0.3, -0.25) is 4.98 Å². The van der Waals surface area contributed by atoms with Gasteiger partial charge in [0.25, 0.3) is 0 Å². The molecular formula is C18H20N4O3. The molecule has 1 aromatic carbocycles. The van der Waals surface area contributed by atoms with E-state index in [1.54, 1.807) is 17.3 Å². The second-order valence-electron chi connectivity index (χ2n) is 5.73. The number of cyclic esters (lactones) is 1. The van der Waals surface area contributed by atoms with Crippen molar-refractivity contribution in [1.29, 1.82) is 0 Å². The number of hydrogen-bond donors (Lipinski definition) is 2. The maximum atomic E-state index is 11.9. The van der Waals surface area contributed by atoms with Gasteiger partial charge in [-0.15, -0.1) is 0 Å². The van der Waals surface area contributed by atoms with Gasteiger partial charge in [0, 0.05) is 31.2 Å². The van der Waals surface area contributed by atoms with Gasteiger partial charge in [0.05, 0.1) is 6.54 Å². The average molecular weight is 340 g/mol. The molecule has 1 aromatic heterocycles. The van der Waals surface area contributed by atoms with Gasteiger partial charge in [-0.1, -0.05) is 18.2 Å². The zero-order valence-corrected chi connectivity index (χ0v) is 13.8. The van der Waals surface area contributed by atoms with Crippen LogP contribution in [0.5, 0.6) is 0 Å². The fourth-order valence-corrected chi connectivity index (χ4v) is 2.52. The number of rotatable bonds is 6. The molecule has 2 heterocycles. The molecule has 0 spiro atoms. The van der Waals surface area contributed by atoms with Crippen molar-refractivity contribution >= 4 is 17.8 Å². The highest BCUT2D eigenvalue weighted by atomic mass is 16.6. The van der Waals surface area contributed by atoms with E-state index in [1.165, 1.54) is 0 Å². The Morgan fingerprint density at radius 2 is 2.04 bits per heavy atom. The summed E-state index contributed by atoms with van der Waals surface area (Å²) < 4.78 is 4.90. The Labute approximate surface area is 146 Å². The summed E-state index contributed by atoms with van der Waals surface area (Å²) in [4.78, 5) is 29.0. The molecule has 7 nitrogen and oxygen atoms in total. The minimum atomic E-state index is -0.282. The fourth-order valence-electron chi connectivity index (χ4n) is 2.52. The Balaban J connectivity index is 1.43. The molecule has 0 bridgehead atoms. The van der Waals surface area contributed by atoms with Crippen molar-refractivity contribution in [2.45, 2.75) is 13.0 Å². The number of amides is 3. The van der Waals surface area contributed by atoms with Crippen LogP contribution in [-0.4, -0.2) is 41.7 Å². The number of ether oxygens (including phenoxy) is 1. The first-order valence-corrected chi connectivity index (χ1v) is 8.15. The van der Waals surface area contributed by atoms with E-state index in [0.29, 0.717) is 31.9 Å². The van der Waals surface area contributed by atoms with E-state index in [4.69, 9.17) is 4.74 Å². The molecule has 25 heavy (non-hydrogen) atoms. The number of aromatic nitrogens is 1. The number of carbonyl (C=O) groups excluding carboxylic acids is 2. The highest BCUT2D eigenvalue weighted by molar-refractivity contribution is 5.89. The summed E-state index contributed by atoms with van der Waals surface area (Å²) in [6.45, 7) is 2.10. The summed E-state index contributed by atoms with van der Waals surface area (Å²) in [5.41, 5.74) is 2.76. The second kappa shape index (κ2) is 8.14. The van der Waals surface area contributed by atoms with E-state index in [0.717, 1.165) is 17.5 Å². The lowest BCUT2D eigenvalue weighted by atomic mass is 10.2. The Kier molecular flexibility index (Phi) is 5.46. The van der Waals surface area contributed by atoms with Crippen molar-refractivity contribution in [3.63, 3.8) is 0 Å². The third kappa shape index (κ3) is 4.94. The molecule has 0 unspecified atom stereocenters. The van der Waals surface area contributed by atoms with Crippen molar-refractivity contribution in [3.8, 4) is 0 Å². The van der Waals surface area contributed by atoms with E-state index in [1.807, 2.05) is 36.4 Å². The van der Waals surface area contributed by atoms with Crippen molar-refractivity contribution in [2.75, 3.05) is 25.0 Å². The van der Waals surface area contributed by atoms with Crippen LogP contribution in [-0.2, 0) is 17.7 Å². The van der Waals surface area contributed by atoms with Crippen LogP contribution in [0.15, 0.2) is 48.8 Å². The lowest BCUT2D eigenvalue weighted by Gasteiger charge is -2.13. The van der Waals surface area contributed by atoms with Crippen LogP contribution in [0.1, 0.15) is 11.1 Å². The van der Waals surface area contributed by atoms with E-state index >= 15 is 0 Å². The Morgan fingerprint density at radius 3 is 2.72 bits per heavy atom. The van der Waals surface area contributed by atoms with Gasteiger partial charge in [-0.05, 0) is 35.7 Å². The normalized spacial score (nSPS) is 13.4. The zero-order valence-electron chi connectivity index (χ0n) is 13.8. The maximum Gasteiger partial charge on any atom is 0.410 e. The fraction of sp³-hybridized carbons (Fsp3) is 0.278. The Morgan fingerprint density at radius 1 is 1.20 bits per heavy atom. The summed E-state index contributed by atoms with van der Waals surface area (Å²) in [7, 11) is 0. The molecule has 1 fully saturated rings. The molecule has 3 rings (SSSR count). The number of pyridine rings is 1. The van der Waals surface area contributed by atoms with E-state index in [-0.39, 0.29) is 12.1 Å². The van der Waals surface area contributed by atoms with Gasteiger partial charge in [-0.25, -0.2) is 9.59 Å². The van der Waals surface area contributed by atoms with Crippen molar-refractivity contribution in [3.05, 3.63) is 59.9 Å². The van der Waals surface area contributed by atoms with Crippen LogP contribution >= 0.6 is 0 Å². The van der Waals surface area contributed by atoms with Crippen molar-refractivity contribution < 1.29 is 14.3 Å². The third-order valence-electron chi connectivity index (χ3n) is 3.85. The quantitative estimate of drug-likeness (QED) is 0.846. The summed E-state index contributed by atoms with van der Waals surface area (Å²) in [6, 6.07) is 11.0. The van der Waals surface area contributed by atoms with Crippen LogP contribution in [0.4, 0.5) is 15.3 Å². The Bertz CT molecular complexity index is 719. The predicted molar refractivity (Wildman–Crippen MR) is 93.2 cm³/mol. The molecule has 1 aliphatic heterocycles. The van der Waals surface area contributed by atoms with Crippen LogP contribution in [0, 0.1) is 0 Å². The summed E-state index contributed by atoms with van der Waals surface area (Å²) >= 11 is 0. The molecule has 2 N–H and O–H groups in total. The highest BCUT2D eigenvalue weighted by Gasteiger charge is 2.21. The lowest BCUT2D eigenvalue weighted by molar-refractivity contribution is 0.157. The van der Waals surface area contributed by atoms with Crippen molar-refractivity contribution in [2.24, 2.45) is 0 Å². The van der Waals surface area contributed by atoms with E-state index in [2.05, 4.69) is 15.6 Å². The molecule has 0 radical (unpaired) electrons. The largest absolute Gasteiger partial charge is 0.448 e. The van der Waals surface area contributed by atoms with Gasteiger partial charge >= 0.3 is 12.1 Å². The molecule has 3 amide bonds. The summed E-state index contributed by atoms with van der Waals surface area (Å²) in [5.74, 6) is 0. The van der Waals surface area contributed by atoms with Crippen LogP contribution < -0.4 is 10.6 Å². The monoisotopic (exact) mass is 340 g/mol. The van der Waals surface area contributed by atoms with Crippen molar-refractivity contribution in [1.82, 2.24) is 15.2 Å². The lowest BCUT2D eigenvalue weighted by Crippen LogP contribution is -2.30. The number of urea groups is 1. The van der Waals surface area contributed by atoms with Gasteiger partial charge in [-0.2, -0.15) is 0 Å².